The zero-order chi connectivity index (χ0) is 22.3. The van der Waals surface area contributed by atoms with Crippen LogP contribution in [0.3, 0.4) is 0 Å². The van der Waals surface area contributed by atoms with Gasteiger partial charge < -0.3 is 15.2 Å². The van der Waals surface area contributed by atoms with Crippen LogP contribution in [0.25, 0.3) is 0 Å². The number of alkyl halides is 3. The molecule has 2 aromatic carbocycles. The first-order valence-electron chi connectivity index (χ1n) is 10.7. The van der Waals surface area contributed by atoms with Crippen LogP contribution in [0.5, 0.6) is 5.75 Å². The van der Waals surface area contributed by atoms with Crippen LogP contribution in [0.4, 0.5) is 13.2 Å². The minimum Gasteiger partial charge on any atom is -0.489 e. The molecule has 0 radical (unpaired) electrons. The van der Waals surface area contributed by atoms with Crippen molar-refractivity contribution in [2.75, 3.05) is 6.54 Å². The third-order valence-corrected chi connectivity index (χ3v) is 5.58. The molecule has 1 aliphatic heterocycles. The van der Waals surface area contributed by atoms with Crippen molar-refractivity contribution in [1.82, 2.24) is 5.32 Å². The van der Waals surface area contributed by atoms with Gasteiger partial charge in [-0.1, -0.05) is 49.2 Å². The second-order valence-electron chi connectivity index (χ2n) is 7.99. The molecule has 0 unspecified atom stereocenters. The second-order valence-corrected chi connectivity index (χ2v) is 7.99. The number of carbonyl (C=O) groups is 1. The molecule has 2 aromatic rings. The van der Waals surface area contributed by atoms with E-state index in [0.717, 1.165) is 31.7 Å². The van der Waals surface area contributed by atoms with Crippen LogP contribution in [0, 0.1) is 0 Å². The lowest BCUT2D eigenvalue weighted by molar-refractivity contribution is -0.139. The number of hydrogen-bond acceptors (Lipinski definition) is 3. The van der Waals surface area contributed by atoms with Gasteiger partial charge in [-0.05, 0) is 48.9 Å². The molecule has 0 spiro atoms. The van der Waals surface area contributed by atoms with E-state index in [-0.39, 0.29) is 17.7 Å². The van der Waals surface area contributed by atoms with Gasteiger partial charge in [0.1, 0.15) is 17.9 Å². The standard InChI is InChI=1S/C24H28F3NO3/c25-24(26,27)21-14-19(31-20-15-22(23(29)30)28-16-20)13-12-18(21)11-7-2-1-4-8-17-9-5-3-6-10-17/h3,5-6,9-10,12-14,20,22,28H,1-2,4,7-8,11,15-16H2,(H,29,30)/t20-,22-/m1/s1. The Morgan fingerprint density at radius 1 is 1.03 bits per heavy atom. The summed E-state index contributed by atoms with van der Waals surface area (Å²) in [5.74, 6) is -0.863. The number of halogens is 3. The van der Waals surface area contributed by atoms with Crippen LogP contribution >= 0.6 is 0 Å². The van der Waals surface area contributed by atoms with Gasteiger partial charge in [0.15, 0.2) is 0 Å². The summed E-state index contributed by atoms with van der Waals surface area (Å²) in [6.07, 6.45) is 0.245. The minimum atomic E-state index is -4.46. The first-order valence-corrected chi connectivity index (χ1v) is 10.7. The number of aryl methyl sites for hydroxylation is 2. The van der Waals surface area contributed by atoms with Crippen LogP contribution in [0.1, 0.15) is 48.8 Å². The lowest BCUT2D eigenvalue weighted by Crippen LogP contribution is -2.30. The van der Waals surface area contributed by atoms with Gasteiger partial charge in [0.2, 0.25) is 0 Å². The van der Waals surface area contributed by atoms with Gasteiger partial charge in [-0.15, -0.1) is 0 Å². The topological polar surface area (TPSA) is 58.6 Å². The summed E-state index contributed by atoms with van der Waals surface area (Å²) in [7, 11) is 0. The Morgan fingerprint density at radius 2 is 1.74 bits per heavy atom. The van der Waals surface area contributed by atoms with Crippen LogP contribution in [-0.4, -0.2) is 29.8 Å². The molecule has 7 heteroatoms. The van der Waals surface area contributed by atoms with Gasteiger partial charge in [0.05, 0.1) is 5.56 Å². The van der Waals surface area contributed by atoms with Crippen molar-refractivity contribution >= 4 is 5.97 Å². The van der Waals surface area contributed by atoms with E-state index >= 15 is 0 Å². The van der Waals surface area contributed by atoms with E-state index in [9.17, 15) is 18.0 Å². The zero-order valence-electron chi connectivity index (χ0n) is 17.3. The van der Waals surface area contributed by atoms with Gasteiger partial charge in [-0.2, -0.15) is 13.2 Å². The van der Waals surface area contributed by atoms with E-state index < -0.39 is 29.9 Å². The highest BCUT2D eigenvalue weighted by Crippen LogP contribution is 2.35. The number of carboxylic acid groups (broad SMARTS) is 1. The Bertz CT molecular complexity index is 855. The number of hydrogen-bond donors (Lipinski definition) is 2. The van der Waals surface area contributed by atoms with E-state index in [4.69, 9.17) is 9.84 Å². The van der Waals surface area contributed by atoms with E-state index in [0.29, 0.717) is 19.4 Å². The molecule has 4 nitrogen and oxygen atoms in total. The van der Waals surface area contributed by atoms with Crippen LogP contribution in [0.2, 0.25) is 0 Å². The Kier molecular flexibility index (Phi) is 7.96. The summed E-state index contributed by atoms with van der Waals surface area (Å²) >= 11 is 0. The molecule has 1 fully saturated rings. The molecule has 0 aliphatic carbocycles. The van der Waals surface area contributed by atoms with Gasteiger partial charge in [0, 0.05) is 13.0 Å². The minimum absolute atomic E-state index is 0.122. The largest absolute Gasteiger partial charge is 0.489 e. The maximum absolute atomic E-state index is 13.6. The highest BCUT2D eigenvalue weighted by Gasteiger charge is 2.35. The maximum atomic E-state index is 13.6. The third-order valence-electron chi connectivity index (χ3n) is 5.58. The monoisotopic (exact) mass is 435 g/mol. The quantitative estimate of drug-likeness (QED) is 0.501. The Balaban J connectivity index is 1.51. The number of rotatable bonds is 10. The van der Waals surface area contributed by atoms with Crippen molar-refractivity contribution in [2.24, 2.45) is 0 Å². The van der Waals surface area contributed by atoms with Crippen molar-refractivity contribution < 1.29 is 27.8 Å². The third kappa shape index (κ3) is 6.99. The Hall–Kier alpha value is -2.54. The van der Waals surface area contributed by atoms with Crippen LogP contribution in [-0.2, 0) is 23.8 Å². The first-order chi connectivity index (χ1) is 14.8. The van der Waals surface area contributed by atoms with Crippen molar-refractivity contribution in [2.45, 2.75) is 63.3 Å². The molecule has 0 saturated carbocycles. The summed E-state index contributed by atoms with van der Waals surface area (Å²) in [6, 6.07) is 13.5. The highest BCUT2D eigenvalue weighted by atomic mass is 19.4. The van der Waals surface area contributed by atoms with Crippen molar-refractivity contribution in [3.8, 4) is 5.75 Å². The molecule has 1 heterocycles. The van der Waals surface area contributed by atoms with Crippen LogP contribution < -0.4 is 10.1 Å². The lowest BCUT2D eigenvalue weighted by atomic mass is 9.99. The van der Waals surface area contributed by atoms with Gasteiger partial charge in [-0.25, -0.2) is 0 Å². The van der Waals surface area contributed by atoms with E-state index in [1.165, 1.54) is 11.6 Å². The summed E-state index contributed by atoms with van der Waals surface area (Å²) in [4.78, 5) is 11.0. The molecule has 1 aliphatic rings. The number of aliphatic carboxylic acids is 1. The lowest BCUT2D eigenvalue weighted by Gasteiger charge is -2.17. The summed E-state index contributed by atoms with van der Waals surface area (Å²) in [5, 5.41) is 11.8. The van der Waals surface area contributed by atoms with Gasteiger partial charge in [-0.3, -0.25) is 4.79 Å². The smallest absolute Gasteiger partial charge is 0.416 e. The molecule has 168 valence electrons. The molecular weight excluding hydrogens is 407 g/mol. The summed E-state index contributed by atoms with van der Waals surface area (Å²) in [6.45, 7) is 0.295. The van der Waals surface area contributed by atoms with Crippen molar-refractivity contribution in [3.63, 3.8) is 0 Å². The Morgan fingerprint density at radius 3 is 2.39 bits per heavy atom. The normalized spacial score (nSPS) is 18.8. The van der Waals surface area contributed by atoms with Crippen molar-refractivity contribution in [1.29, 1.82) is 0 Å². The number of benzene rings is 2. The zero-order valence-corrected chi connectivity index (χ0v) is 17.3. The predicted octanol–water partition coefficient (Wildman–Crippen LogP) is 5.24. The summed E-state index contributed by atoms with van der Waals surface area (Å²) in [5.41, 5.74) is 0.885. The number of ether oxygens (including phenoxy) is 1. The molecule has 2 atom stereocenters. The SMILES string of the molecule is O=C(O)[C@H]1C[C@@H](Oc2ccc(CCCCCCc3ccccc3)c(C(F)(F)F)c2)CN1. The summed E-state index contributed by atoms with van der Waals surface area (Å²) < 4.78 is 46.4. The highest BCUT2D eigenvalue weighted by molar-refractivity contribution is 5.73. The molecular formula is C24H28F3NO3. The fourth-order valence-electron chi connectivity index (χ4n) is 3.93. The van der Waals surface area contributed by atoms with Gasteiger partial charge in [0.25, 0.3) is 0 Å². The Labute approximate surface area is 180 Å². The molecule has 31 heavy (non-hydrogen) atoms. The fraction of sp³-hybridized carbons (Fsp3) is 0.458. The van der Waals surface area contributed by atoms with Crippen molar-refractivity contribution in [3.05, 3.63) is 65.2 Å². The number of carboxylic acids is 1. The second kappa shape index (κ2) is 10.7. The molecule has 0 bridgehead atoms. The average Bonchev–Trinajstić information content (AvgIpc) is 3.20. The molecule has 2 N–H and O–H groups in total. The maximum Gasteiger partial charge on any atom is 0.416 e. The first kappa shape index (κ1) is 23.1. The van der Waals surface area contributed by atoms with E-state index in [2.05, 4.69) is 17.4 Å². The van der Waals surface area contributed by atoms with Gasteiger partial charge >= 0.3 is 12.1 Å². The molecule has 0 amide bonds. The predicted molar refractivity (Wildman–Crippen MR) is 112 cm³/mol. The van der Waals surface area contributed by atoms with E-state index in [1.54, 1.807) is 6.07 Å². The molecule has 1 saturated heterocycles. The average molecular weight is 435 g/mol. The molecule has 3 rings (SSSR count). The van der Waals surface area contributed by atoms with Crippen LogP contribution in [0.15, 0.2) is 48.5 Å². The fourth-order valence-corrected chi connectivity index (χ4v) is 3.93. The molecule has 0 aromatic heterocycles. The number of unbranched alkanes of at least 4 members (excludes halogenated alkanes) is 3. The number of nitrogens with one attached hydrogen (secondary N) is 1. The van der Waals surface area contributed by atoms with E-state index in [1.807, 2.05) is 18.2 Å².